The quantitative estimate of drug-likeness (QED) is 0.439. The molecule has 1 aromatic carbocycles. The van der Waals surface area contributed by atoms with E-state index in [9.17, 15) is 4.79 Å². The van der Waals surface area contributed by atoms with Crippen molar-refractivity contribution in [1.82, 2.24) is 14.9 Å². The molecule has 0 aliphatic carbocycles. The molecule has 4 heterocycles. The van der Waals surface area contributed by atoms with Crippen LogP contribution in [0.3, 0.4) is 0 Å². The summed E-state index contributed by atoms with van der Waals surface area (Å²) in [5.74, 6) is 0.321. The van der Waals surface area contributed by atoms with E-state index in [2.05, 4.69) is 38.8 Å². The molecule has 2 fully saturated rings. The van der Waals surface area contributed by atoms with E-state index in [-0.39, 0.29) is 12.0 Å². The van der Waals surface area contributed by atoms with Gasteiger partial charge in [-0.05, 0) is 50.6 Å². The minimum Gasteiger partial charge on any atom is -0.461 e. The van der Waals surface area contributed by atoms with E-state index in [0.717, 1.165) is 26.9 Å². The second-order valence-electron chi connectivity index (χ2n) is 9.16. The predicted molar refractivity (Wildman–Crippen MR) is 139 cm³/mol. The summed E-state index contributed by atoms with van der Waals surface area (Å²) < 4.78 is 18.4. The molecule has 0 spiro atoms. The van der Waals surface area contributed by atoms with E-state index in [1.165, 1.54) is 4.88 Å². The molecule has 1 amide bonds. The third kappa shape index (κ3) is 5.45. The van der Waals surface area contributed by atoms with Crippen molar-refractivity contribution in [1.29, 1.82) is 0 Å². The van der Waals surface area contributed by atoms with Gasteiger partial charge >= 0.3 is 6.01 Å². The molecule has 3 aromatic rings. The zero-order valence-corrected chi connectivity index (χ0v) is 22.5. The monoisotopic (exact) mass is 560 g/mol. The highest BCUT2D eigenvalue weighted by Crippen LogP contribution is 2.34. The summed E-state index contributed by atoms with van der Waals surface area (Å²) in [5, 5.41) is 1.04. The minimum absolute atomic E-state index is 0.0551. The average Bonchev–Trinajstić information content (AvgIpc) is 3.44. The van der Waals surface area contributed by atoms with Gasteiger partial charge in [0.2, 0.25) is 0 Å². The van der Waals surface area contributed by atoms with Crippen molar-refractivity contribution < 1.29 is 19.0 Å². The van der Waals surface area contributed by atoms with E-state index in [1.807, 2.05) is 43.0 Å². The van der Waals surface area contributed by atoms with Crippen molar-refractivity contribution in [3.8, 4) is 6.01 Å². The smallest absolute Gasteiger partial charge is 0.319 e. The summed E-state index contributed by atoms with van der Waals surface area (Å²) >= 11 is 5.09. The second kappa shape index (κ2) is 10.0. The Kier molecular flexibility index (Phi) is 6.98. The van der Waals surface area contributed by atoms with Crippen LogP contribution in [-0.2, 0) is 15.9 Å². The maximum absolute atomic E-state index is 12.9. The summed E-state index contributed by atoms with van der Waals surface area (Å²) in [6.07, 6.45) is 0.782. The fourth-order valence-electron chi connectivity index (χ4n) is 4.33. The number of piperazine rings is 1. The number of carbonyl (C=O) groups excluding carboxylic acids is 1. The van der Waals surface area contributed by atoms with Gasteiger partial charge in [0.25, 0.3) is 5.91 Å². The fraction of sp³-hybridized carbons (Fsp3) is 0.480. The zero-order valence-electron chi connectivity index (χ0n) is 20.1. The Morgan fingerprint density at radius 1 is 1.20 bits per heavy atom. The van der Waals surface area contributed by atoms with Crippen LogP contribution in [0.5, 0.6) is 6.01 Å². The fourth-order valence-corrected chi connectivity index (χ4v) is 5.54. The number of hydrogen-bond acceptors (Lipinski definition) is 8. The van der Waals surface area contributed by atoms with Crippen molar-refractivity contribution >= 4 is 49.2 Å². The highest BCUT2D eigenvalue weighted by molar-refractivity contribution is 9.10. The lowest BCUT2D eigenvalue weighted by Crippen LogP contribution is -2.49. The number of rotatable bonds is 6. The van der Waals surface area contributed by atoms with E-state index in [1.54, 1.807) is 11.3 Å². The van der Waals surface area contributed by atoms with Crippen molar-refractivity contribution in [2.24, 2.45) is 0 Å². The largest absolute Gasteiger partial charge is 0.461 e. The van der Waals surface area contributed by atoms with E-state index >= 15 is 0 Å². The minimum atomic E-state index is -0.596. The van der Waals surface area contributed by atoms with Gasteiger partial charge in [-0.3, -0.25) is 4.79 Å². The topological polar surface area (TPSA) is 77.0 Å². The molecule has 2 saturated heterocycles. The third-order valence-electron chi connectivity index (χ3n) is 6.17. The molecule has 0 bridgehead atoms. The van der Waals surface area contributed by atoms with Crippen LogP contribution in [0.15, 0.2) is 34.8 Å². The van der Waals surface area contributed by atoms with Crippen LogP contribution in [0.1, 0.15) is 36.0 Å². The molecule has 8 nitrogen and oxygen atoms in total. The Morgan fingerprint density at radius 3 is 2.60 bits per heavy atom. The van der Waals surface area contributed by atoms with Crippen LogP contribution in [0.4, 0.5) is 5.82 Å². The van der Waals surface area contributed by atoms with Gasteiger partial charge in [0.1, 0.15) is 23.4 Å². The molecule has 2 aromatic heterocycles. The standard InChI is InChI=1S/C25H29BrN4O4S/c1-4-19-13-20-21(27-24(28-22(20)35-19)32-14-18-15-33-25(2,3)34-18)29-9-11-30(12-10-29)23(31)16-5-7-17(26)8-6-16/h5-8,13,18H,4,9-12,14-15H2,1-3H3/t18-/m0/s1. The summed E-state index contributed by atoms with van der Waals surface area (Å²) in [5.41, 5.74) is 0.702. The van der Waals surface area contributed by atoms with E-state index < -0.39 is 5.79 Å². The Morgan fingerprint density at radius 2 is 1.94 bits per heavy atom. The Bertz CT molecular complexity index is 1210. The number of aryl methyl sites for hydroxylation is 1. The Labute approximate surface area is 217 Å². The number of ether oxygens (including phenoxy) is 3. The lowest BCUT2D eigenvalue weighted by Gasteiger charge is -2.35. The molecule has 0 unspecified atom stereocenters. The molecule has 10 heteroatoms. The summed E-state index contributed by atoms with van der Waals surface area (Å²) in [6, 6.07) is 10.0. The second-order valence-corrected chi connectivity index (χ2v) is 11.2. The molecule has 5 rings (SSSR count). The third-order valence-corrected chi connectivity index (χ3v) is 7.88. The molecular weight excluding hydrogens is 532 g/mol. The molecule has 186 valence electrons. The number of fused-ring (bicyclic) bond motifs is 1. The highest BCUT2D eigenvalue weighted by atomic mass is 79.9. The first-order valence-corrected chi connectivity index (χ1v) is 13.5. The number of nitrogens with zero attached hydrogens (tertiary/aromatic N) is 4. The number of anilines is 1. The molecule has 1 atom stereocenters. The molecule has 0 saturated carbocycles. The molecule has 35 heavy (non-hydrogen) atoms. The van der Waals surface area contributed by atoms with Crippen molar-refractivity contribution in [3.63, 3.8) is 0 Å². The van der Waals surface area contributed by atoms with Gasteiger partial charge in [0.15, 0.2) is 5.79 Å². The average molecular weight is 562 g/mol. The van der Waals surface area contributed by atoms with Crippen LogP contribution in [0.2, 0.25) is 0 Å². The summed E-state index contributed by atoms with van der Waals surface area (Å²) in [7, 11) is 0. The number of amides is 1. The lowest BCUT2D eigenvalue weighted by molar-refractivity contribution is -0.141. The van der Waals surface area contributed by atoms with Crippen LogP contribution in [0.25, 0.3) is 10.2 Å². The number of thiophene rings is 1. The highest BCUT2D eigenvalue weighted by Gasteiger charge is 2.33. The van der Waals surface area contributed by atoms with Crippen LogP contribution in [0, 0.1) is 0 Å². The Balaban J connectivity index is 1.32. The van der Waals surface area contributed by atoms with Gasteiger partial charge in [-0.2, -0.15) is 9.97 Å². The predicted octanol–water partition coefficient (Wildman–Crippen LogP) is 4.51. The van der Waals surface area contributed by atoms with Crippen molar-refractivity contribution in [3.05, 3.63) is 45.2 Å². The molecule has 2 aliphatic heterocycles. The van der Waals surface area contributed by atoms with Crippen molar-refractivity contribution in [2.75, 3.05) is 44.3 Å². The molecule has 0 N–H and O–H groups in total. The van der Waals surface area contributed by atoms with Gasteiger partial charge in [-0.1, -0.05) is 22.9 Å². The number of hydrogen-bond donors (Lipinski definition) is 0. The number of halogens is 1. The number of aromatic nitrogens is 2. The maximum atomic E-state index is 12.9. The van der Waals surface area contributed by atoms with E-state index in [4.69, 9.17) is 19.2 Å². The molecule has 2 aliphatic rings. The summed E-state index contributed by atoms with van der Waals surface area (Å²) in [6.45, 7) is 9.39. The van der Waals surface area contributed by atoms with Gasteiger partial charge in [0.05, 0.1) is 12.0 Å². The Hall–Kier alpha value is -2.27. The summed E-state index contributed by atoms with van der Waals surface area (Å²) in [4.78, 5) is 28.7. The molecular formula is C25H29BrN4O4S. The van der Waals surface area contributed by atoms with Crippen LogP contribution >= 0.6 is 27.3 Å². The first kappa shape index (κ1) is 24.4. The van der Waals surface area contributed by atoms with Gasteiger partial charge in [-0.25, -0.2) is 0 Å². The zero-order chi connectivity index (χ0) is 24.6. The van der Waals surface area contributed by atoms with Gasteiger partial charge in [0, 0.05) is 41.1 Å². The van der Waals surface area contributed by atoms with Crippen LogP contribution in [-0.4, -0.2) is 72.1 Å². The first-order valence-electron chi connectivity index (χ1n) is 11.9. The number of carbonyl (C=O) groups is 1. The lowest BCUT2D eigenvalue weighted by atomic mass is 10.2. The first-order chi connectivity index (χ1) is 16.8. The van der Waals surface area contributed by atoms with Crippen LogP contribution < -0.4 is 9.64 Å². The maximum Gasteiger partial charge on any atom is 0.319 e. The SMILES string of the molecule is CCc1cc2c(N3CCN(C(=O)c4ccc(Br)cc4)CC3)nc(OC[C@H]3COC(C)(C)O3)nc2s1. The van der Waals surface area contributed by atoms with E-state index in [0.29, 0.717) is 51.0 Å². The number of benzene rings is 1. The van der Waals surface area contributed by atoms with Gasteiger partial charge < -0.3 is 24.0 Å². The molecule has 0 radical (unpaired) electrons. The van der Waals surface area contributed by atoms with Gasteiger partial charge in [-0.15, -0.1) is 11.3 Å². The normalized spacial score (nSPS) is 19.9. The van der Waals surface area contributed by atoms with Crippen molar-refractivity contribution in [2.45, 2.75) is 39.1 Å².